The summed E-state index contributed by atoms with van der Waals surface area (Å²) in [6.07, 6.45) is 0. The summed E-state index contributed by atoms with van der Waals surface area (Å²) in [5.41, 5.74) is 2.23. The van der Waals surface area contributed by atoms with Gasteiger partial charge >= 0.3 is 0 Å². The molecule has 0 saturated carbocycles. The first-order chi connectivity index (χ1) is 14.0. The normalized spacial score (nSPS) is 16.5. The van der Waals surface area contributed by atoms with Gasteiger partial charge in [-0.1, -0.05) is 28.9 Å². The molecule has 1 unspecified atom stereocenters. The number of benzene rings is 1. The van der Waals surface area contributed by atoms with Crippen LogP contribution in [-0.2, 0) is 6.54 Å². The second kappa shape index (κ2) is 11.9. The summed E-state index contributed by atoms with van der Waals surface area (Å²) in [4.78, 5) is 11.4. The third-order valence-electron chi connectivity index (χ3n) is 5.28. The molecule has 2 aromatic rings. The van der Waals surface area contributed by atoms with Crippen molar-refractivity contribution >= 4 is 41.5 Å². The molecule has 1 aliphatic heterocycles. The van der Waals surface area contributed by atoms with E-state index in [2.05, 4.69) is 56.4 Å². The lowest BCUT2D eigenvalue weighted by molar-refractivity contribution is 0.168. The van der Waals surface area contributed by atoms with Gasteiger partial charge in [0.25, 0.3) is 0 Å². The highest BCUT2D eigenvalue weighted by atomic mass is 127. The maximum absolute atomic E-state index is 6.04. The Kier molecular flexibility index (Phi) is 9.86. The molecule has 166 valence electrons. The number of halogens is 2. The van der Waals surface area contributed by atoms with Crippen molar-refractivity contribution in [2.24, 2.45) is 4.99 Å². The summed E-state index contributed by atoms with van der Waals surface area (Å²) < 4.78 is 5.17. The minimum atomic E-state index is 0. The summed E-state index contributed by atoms with van der Waals surface area (Å²) in [5.74, 6) is 1.81. The van der Waals surface area contributed by atoms with Crippen molar-refractivity contribution in [1.82, 2.24) is 25.2 Å². The maximum Gasteiger partial charge on any atom is 0.193 e. The number of aryl methyl sites for hydroxylation is 1. The third-order valence-corrected chi connectivity index (χ3v) is 5.53. The second-order valence-corrected chi connectivity index (χ2v) is 8.09. The van der Waals surface area contributed by atoms with E-state index in [1.54, 1.807) is 0 Å². The Balaban J connectivity index is 0.00000320. The molecule has 1 aliphatic rings. The highest BCUT2D eigenvalue weighted by molar-refractivity contribution is 14.0. The molecule has 3 rings (SSSR count). The van der Waals surface area contributed by atoms with Crippen LogP contribution in [0.5, 0.6) is 0 Å². The van der Waals surface area contributed by atoms with Crippen LogP contribution >= 0.6 is 35.6 Å². The quantitative estimate of drug-likeness (QED) is 0.341. The van der Waals surface area contributed by atoms with Crippen LogP contribution in [0.3, 0.4) is 0 Å². The van der Waals surface area contributed by atoms with Crippen molar-refractivity contribution in [2.75, 3.05) is 53.9 Å². The lowest BCUT2D eigenvalue weighted by Crippen LogP contribution is -2.53. The maximum atomic E-state index is 6.04. The summed E-state index contributed by atoms with van der Waals surface area (Å²) in [7, 11) is 6.03. The molecule has 0 spiro atoms. The fourth-order valence-electron chi connectivity index (χ4n) is 3.64. The van der Waals surface area contributed by atoms with Crippen LogP contribution in [-0.4, -0.2) is 79.7 Å². The molecule has 2 heterocycles. The summed E-state index contributed by atoms with van der Waals surface area (Å²) >= 11 is 6.04. The second-order valence-electron chi connectivity index (χ2n) is 7.65. The van der Waals surface area contributed by atoms with Gasteiger partial charge in [0.2, 0.25) is 0 Å². The molecule has 1 saturated heterocycles. The number of aromatic nitrogens is 1. The van der Waals surface area contributed by atoms with E-state index in [1.807, 2.05) is 32.2 Å². The van der Waals surface area contributed by atoms with Gasteiger partial charge in [-0.25, -0.2) is 0 Å². The average Bonchev–Trinajstić information content (AvgIpc) is 3.11. The van der Waals surface area contributed by atoms with Crippen LogP contribution in [0.25, 0.3) is 0 Å². The molecule has 9 heteroatoms. The van der Waals surface area contributed by atoms with Crippen molar-refractivity contribution in [3.63, 3.8) is 0 Å². The Morgan fingerprint density at radius 1 is 1.23 bits per heavy atom. The minimum absolute atomic E-state index is 0. The zero-order chi connectivity index (χ0) is 20.8. The van der Waals surface area contributed by atoms with Gasteiger partial charge in [0.15, 0.2) is 5.96 Å². The van der Waals surface area contributed by atoms with Crippen LogP contribution in [0.4, 0.5) is 0 Å². The monoisotopic (exact) mass is 546 g/mol. The first-order valence-electron chi connectivity index (χ1n) is 9.98. The van der Waals surface area contributed by atoms with E-state index in [-0.39, 0.29) is 30.0 Å². The molecule has 0 aliphatic carbocycles. The Morgan fingerprint density at radius 2 is 1.90 bits per heavy atom. The van der Waals surface area contributed by atoms with E-state index >= 15 is 0 Å². The number of piperazine rings is 1. The Morgan fingerprint density at radius 3 is 2.43 bits per heavy atom. The van der Waals surface area contributed by atoms with Gasteiger partial charge in [-0.15, -0.1) is 24.0 Å². The predicted octanol–water partition coefficient (Wildman–Crippen LogP) is 3.25. The largest absolute Gasteiger partial charge is 0.361 e. The zero-order valence-electron chi connectivity index (χ0n) is 18.1. The molecule has 7 nitrogen and oxygen atoms in total. The fourth-order valence-corrected chi connectivity index (χ4v) is 3.77. The zero-order valence-corrected chi connectivity index (χ0v) is 21.2. The van der Waals surface area contributed by atoms with Gasteiger partial charge in [-0.3, -0.25) is 9.89 Å². The number of hydrogen-bond donors (Lipinski definition) is 1. The molecule has 0 radical (unpaired) electrons. The lowest BCUT2D eigenvalue weighted by atomic mass is 10.1. The lowest BCUT2D eigenvalue weighted by Gasteiger charge is -2.37. The summed E-state index contributed by atoms with van der Waals surface area (Å²) in [6, 6.07) is 10.3. The Bertz CT molecular complexity index is 802. The van der Waals surface area contributed by atoms with Crippen molar-refractivity contribution in [3.05, 3.63) is 52.4 Å². The first kappa shape index (κ1) is 24.9. The summed E-state index contributed by atoms with van der Waals surface area (Å²) in [5, 5.41) is 8.42. The topological polar surface area (TPSA) is 60.1 Å². The number of rotatable bonds is 6. The van der Waals surface area contributed by atoms with Gasteiger partial charge in [-0.05, 0) is 38.7 Å². The number of aliphatic imine (C=N–C) groups is 1. The minimum Gasteiger partial charge on any atom is -0.361 e. The molecule has 0 bridgehead atoms. The van der Waals surface area contributed by atoms with Crippen LogP contribution in [0.1, 0.15) is 23.1 Å². The van der Waals surface area contributed by atoms with Gasteiger partial charge in [0, 0.05) is 57.4 Å². The van der Waals surface area contributed by atoms with Crippen molar-refractivity contribution in [3.8, 4) is 0 Å². The van der Waals surface area contributed by atoms with Crippen LogP contribution < -0.4 is 5.32 Å². The van der Waals surface area contributed by atoms with E-state index in [0.717, 1.165) is 61.7 Å². The molecule has 1 atom stereocenters. The first-order valence-corrected chi connectivity index (χ1v) is 10.4. The van der Waals surface area contributed by atoms with Crippen molar-refractivity contribution in [2.45, 2.75) is 19.5 Å². The van der Waals surface area contributed by atoms with Crippen LogP contribution in [0.15, 0.2) is 39.8 Å². The SMILES string of the molecule is CN=C(NCC(c1ccc(Cl)cc1)N(C)C)N1CCN(Cc2cc(C)on2)CC1.I. The molecule has 1 fully saturated rings. The molecule has 1 aromatic carbocycles. The molecular weight excluding hydrogens is 515 g/mol. The molecule has 1 N–H and O–H groups in total. The smallest absolute Gasteiger partial charge is 0.193 e. The number of nitrogens with zero attached hydrogens (tertiary/aromatic N) is 5. The molecule has 30 heavy (non-hydrogen) atoms. The van der Waals surface area contributed by atoms with Crippen LogP contribution in [0, 0.1) is 6.92 Å². The van der Waals surface area contributed by atoms with Gasteiger partial charge in [0.1, 0.15) is 5.76 Å². The van der Waals surface area contributed by atoms with E-state index in [4.69, 9.17) is 16.1 Å². The molecule has 0 amide bonds. The van der Waals surface area contributed by atoms with Crippen molar-refractivity contribution in [1.29, 1.82) is 0 Å². The summed E-state index contributed by atoms with van der Waals surface area (Å²) in [6.45, 7) is 7.35. The van der Waals surface area contributed by atoms with Gasteiger partial charge < -0.3 is 19.6 Å². The number of hydrogen-bond acceptors (Lipinski definition) is 5. The molecule has 1 aromatic heterocycles. The number of guanidine groups is 1. The van der Waals surface area contributed by atoms with E-state index in [0.29, 0.717) is 0 Å². The highest BCUT2D eigenvalue weighted by Gasteiger charge is 2.22. The average molecular weight is 547 g/mol. The van der Waals surface area contributed by atoms with Gasteiger partial charge in [0.05, 0.1) is 11.7 Å². The Hall–Kier alpha value is -1.36. The van der Waals surface area contributed by atoms with Crippen LogP contribution in [0.2, 0.25) is 5.02 Å². The third kappa shape index (κ3) is 6.83. The fraction of sp³-hybridized carbons (Fsp3) is 0.524. The standard InChI is InChI=1S/C21H31ClN6O.HI/c1-16-13-19(25-29-16)15-27-9-11-28(12-10-27)21(23-2)24-14-20(26(3)4)17-5-7-18(22)8-6-17;/h5-8,13,20H,9-12,14-15H2,1-4H3,(H,23,24);1H. The predicted molar refractivity (Wildman–Crippen MR) is 133 cm³/mol. The number of likely N-dealkylation sites (N-methyl/N-ethyl adjacent to an activating group) is 1. The number of nitrogens with one attached hydrogen (secondary N) is 1. The van der Waals surface area contributed by atoms with E-state index in [9.17, 15) is 0 Å². The Labute approximate surface area is 201 Å². The molecular formula is C21H32ClIN6O. The van der Waals surface area contributed by atoms with E-state index in [1.165, 1.54) is 5.56 Å². The van der Waals surface area contributed by atoms with Crippen molar-refractivity contribution < 1.29 is 4.52 Å². The highest BCUT2D eigenvalue weighted by Crippen LogP contribution is 2.20. The van der Waals surface area contributed by atoms with E-state index < -0.39 is 0 Å². The van der Waals surface area contributed by atoms with Gasteiger partial charge in [-0.2, -0.15) is 0 Å².